The third-order valence-electron chi connectivity index (χ3n) is 4.56. The van der Waals surface area contributed by atoms with Gasteiger partial charge in [0.05, 0.1) is 5.69 Å². The molecule has 0 radical (unpaired) electrons. The maximum atomic E-state index is 14.0. The lowest BCUT2D eigenvalue weighted by molar-refractivity contribution is 0.0954. The summed E-state index contributed by atoms with van der Waals surface area (Å²) in [6.45, 7) is 0.268. The van der Waals surface area contributed by atoms with Crippen LogP contribution in [-0.4, -0.2) is 12.5 Å². The molecule has 7 heteroatoms. The zero-order valence-electron chi connectivity index (χ0n) is 14.8. The van der Waals surface area contributed by atoms with E-state index in [1.807, 2.05) is 0 Å². The van der Waals surface area contributed by atoms with Crippen LogP contribution in [0.5, 0.6) is 5.75 Å². The smallest absolute Gasteiger partial charge is 0.293 e. The number of nitrogens with zero attached hydrogens (tertiary/aromatic N) is 1. The van der Waals surface area contributed by atoms with Crippen molar-refractivity contribution >= 4 is 11.6 Å². The monoisotopic (exact) mass is 387 g/mol. The second-order valence-corrected chi connectivity index (χ2v) is 6.43. The van der Waals surface area contributed by atoms with Gasteiger partial charge in [0.1, 0.15) is 24.0 Å². The van der Waals surface area contributed by atoms with Crippen LogP contribution in [0, 0.1) is 17.5 Å². The van der Waals surface area contributed by atoms with Crippen molar-refractivity contribution in [2.24, 2.45) is 0 Å². The molecule has 1 aromatic heterocycles. The van der Waals surface area contributed by atoms with Gasteiger partial charge in [-0.15, -0.1) is 0 Å². The fourth-order valence-electron chi connectivity index (χ4n) is 3.24. The van der Waals surface area contributed by atoms with Crippen LogP contribution in [0.3, 0.4) is 0 Å². The third-order valence-corrected chi connectivity index (χ3v) is 4.56. The molecule has 1 aliphatic heterocycles. The lowest BCUT2D eigenvalue weighted by Gasteiger charge is -2.29. The number of carbonyl (C=O) groups is 1. The molecule has 3 aromatic rings. The molecule has 1 aliphatic rings. The average molecular weight is 387 g/mol. The summed E-state index contributed by atoms with van der Waals surface area (Å²) in [6.07, 6.45) is 0.996. The summed E-state index contributed by atoms with van der Waals surface area (Å²) in [5.74, 6) is -1.98. The lowest BCUT2D eigenvalue weighted by atomic mass is 10.0. The predicted octanol–water partition coefficient (Wildman–Crippen LogP) is 4.87. The van der Waals surface area contributed by atoms with Crippen molar-refractivity contribution in [2.45, 2.75) is 19.4 Å². The maximum Gasteiger partial charge on any atom is 0.293 e. The number of benzene rings is 2. The van der Waals surface area contributed by atoms with Crippen LogP contribution in [0.1, 0.15) is 28.3 Å². The van der Waals surface area contributed by atoms with Crippen molar-refractivity contribution < 1.29 is 27.1 Å². The third kappa shape index (κ3) is 3.47. The summed E-state index contributed by atoms with van der Waals surface area (Å²) < 4.78 is 52.1. The average Bonchev–Trinajstić information content (AvgIpc) is 3.15. The Morgan fingerprint density at radius 2 is 1.89 bits per heavy atom. The van der Waals surface area contributed by atoms with Gasteiger partial charge in [0, 0.05) is 18.2 Å². The van der Waals surface area contributed by atoms with Crippen LogP contribution >= 0.6 is 0 Å². The summed E-state index contributed by atoms with van der Waals surface area (Å²) in [7, 11) is 0. The number of para-hydroxylation sites is 1. The molecule has 0 unspecified atom stereocenters. The predicted molar refractivity (Wildman–Crippen MR) is 95.8 cm³/mol. The molecular weight excluding hydrogens is 371 g/mol. The Morgan fingerprint density at radius 3 is 2.71 bits per heavy atom. The normalized spacial score (nSPS) is 13.3. The first-order chi connectivity index (χ1) is 13.5. The highest BCUT2D eigenvalue weighted by Crippen LogP contribution is 2.31. The first kappa shape index (κ1) is 18.2. The summed E-state index contributed by atoms with van der Waals surface area (Å²) in [4.78, 5) is 14.1. The van der Waals surface area contributed by atoms with E-state index in [-0.39, 0.29) is 23.8 Å². The van der Waals surface area contributed by atoms with Gasteiger partial charge in [0.25, 0.3) is 5.91 Å². The molecule has 0 aliphatic carbocycles. The van der Waals surface area contributed by atoms with Crippen molar-refractivity contribution in [1.29, 1.82) is 0 Å². The minimum Gasteiger partial charge on any atom is -0.483 e. The Labute approximate surface area is 159 Å². The largest absolute Gasteiger partial charge is 0.483 e. The quantitative estimate of drug-likeness (QED) is 0.642. The number of furan rings is 1. The molecule has 4 nitrogen and oxygen atoms in total. The van der Waals surface area contributed by atoms with E-state index in [0.717, 1.165) is 12.1 Å². The molecular formula is C21H16F3NO3. The number of ether oxygens (including phenoxy) is 1. The van der Waals surface area contributed by atoms with Gasteiger partial charge >= 0.3 is 0 Å². The molecule has 0 saturated carbocycles. The number of anilines is 1. The fraction of sp³-hybridized carbons (Fsp3) is 0.190. The highest BCUT2D eigenvalue weighted by Gasteiger charge is 2.28. The molecule has 28 heavy (non-hydrogen) atoms. The molecule has 0 bridgehead atoms. The van der Waals surface area contributed by atoms with E-state index >= 15 is 0 Å². The van der Waals surface area contributed by atoms with Gasteiger partial charge in [-0.25, -0.2) is 13.2 Å². The van der Waals surface area contributed by atoms with E-state index < -0.39 is 23.4 Å². The van der Waals surface area contributed by atoms with Crippen LogP contribution in [0.25, 0.3) is 0 Å². The minimum atomic E-state index is -0.741. The molecule has 0 spiro atoms. The van der Waals surface area contributed by atoms with Gasteiger partial charge < -0.3 is 14.1 Å². The number of halogens is 3. The van der Waals surface area contributed by atoms with E-state index in [0.29, 0.717) is 30.7 Å². The van der Waals surface area contributed by atoms with Gasteiger partial charge in [-0.3, -0.25) is 4.79 Å². The van der Waals surface area contributed by atoms with Gasteiger partial charge in [-0.2, -0.15) is 0 Å². The van der Waals surface area contributed by atoms with Crippen molar-refractivity contribution in [3.05, 3.63) is 83.1 Å². The molecule has 0 N–H and O–H groups in total. The van der Waals surface area contributed by atoms with Gasteiger partial charge in [0.2, 0.25) is 0 Å². The number of hydrogen-bond acceptors (Lipinski definition) is 3. The standard InChI is InChI=1S/C21H16F3NO3/c22-13-10-17(24)15-4-3-9-25(18(15)11-13)21(26)20-8-7-14(28-20)12-27-19-6-2-1-5-16(19)23/h1-2,5-8,10-11H,3-4,9,12H2. The molecule has 0 atom stereocenters. The van der Waals surface area contributed by atoms with Crippen molar-refractivity contribution in [3.63, 3.8) is 0 Å². The number of hydrogen-bond donors (Lipinski definition) is 0. The van der Waals surface area contributed by atoms with Crippen LogP contribution in [0.15, 0.2) is 52.9 Å². The van der Waals surface area contributed by atoms with Crippen LogP contribution in [0.2, 0.25) is 0 Å². The van der Waals surface area contributed by atoms with Crippen molar-refractivity contribution in [2.75, 3.05) is 11.4 Å². The van der Waals surface area contributed by atoms with E-state index in [9.17, 15) is 18.0 Å². The summed E-state index contributed by atoms with van der Waals surface area (Å²) >= 11 is 0. The number of rotatable bonds is 4. The number of fused-ring (bicyclic) bond motifs is 1. The van der Waals surface area contributed by atoms with Crippen molar-refractivity contribution in [3.8, 4) is 5.75 Å². The second kappa shape index (κ2) is 7.42. The first-order valence-electron chi connectivity index (χ1n) is 8.79. The Kier molecular flexibility index (Phi) is 4.81. The van der Waals surface area contributed by atoms with Crippen molar-refractivity contribution in [1.82, 2.24) is 0 Å². The molecule has 1 amide bonds. The van der Waals surface area contributed by atoms with E-state index in [4.69, 9.17) is 9.15 Å². The van der Waals surface area contributed by atoms with E-state index in [2.05, 4.69) is 0 Å². The van der Waals surface area contributed by atoms with E-state index in [1.165, 1.54) is 23.1 Å². The Balaban J connectivity index is 1.52. The van der Waals surface area contributed by atoms with Gasteiger partial charge in [-0.1, -0.05) is 12.1 Å². The molecule has 2 heterocycles. The summed E-state index contributed by atoms with van der Waals surface area (Å²) in [5.41, 5.74) is 0.532. The van der Waals surface area contributed by atoms with Crippen LogP contribution < -0.4 is 9.64 Å². The zero-order valence-corrected chi connectivity index (χ0v) is 14.8. The number of amides is 1. The zero-order chi connectivity index (χ0) is 19.7. The topological polar surface area (TPSA) is 42.7 Å². The Bertz CT molecular complexity index is 1030. The highest BCUT2D eigenvalue weighted by molar-refractivity contribution is 6.05. The Hall–Kier alpha value is -3.22. The Morgan fingerprint density at radius 1 is 1.07 bits per heavy atom. The fourth-order valence-corrected chi connectivity index (χ4v) is 3.24. The molecule has 0 fully saturated rings. The second-order valence-electron chi connectivity index (χ2n) is 6.43. The number of carbonyl (C=O) groups excluding carboxylic acids is 1. The van der Waals surface area contributed by atoms with Crippen LogP contribution in [-0.2, 0) is 13.0 Å². The first-order valence-corrected chi connectivity index (χ1v) is 8.79. The SMILES string of the molecule is O=C(c1ccc(COc2ccccc2F)o1)N1CCCc2c(F)cc(F)cc21. The van der Waals surface area contributed by atoms with Crippen LogP contribution in [0.4, 0.5) is 18.9 Å². The molecule has 144 valence electrons. The summed E-state index contributed by atoms with van der Waals surface area (Å²) in [6, 6.07) is 10.9. The van der Waals surface area contributed by atoms with Gasteiger partial charge in [-0.05, 0) is 43.2 Å². The maximum absolute atomic E-state index is 14.0. The minimum absolute atomic E-state index is 0.0182. The van der Waals surface area contributed by atoms with Gasteiger partial charge in [0.15, 0.2) is 17.3 Å². The van der Waals surface area contributed by atoms with E-state index in [1.54, 1.807) is 18.2 Å². The lowest BCUT2D eigenvalue weighted by Crippen LogP contribution is -2.35. The molecule has 0 saturated heterocycles. The summed E-state index contributed by atoms with van der Waals surface area (Å²) in [5, 5.41) is 0. The molecule has 4 rings (SSSR count). The molecule has 2 aromatic carbocycles. The highest BCUT2D eigenvalue weighted by atomic mass is 19.1.